The Labute approximate surface area is 136 Å². The summed E-state index contributed by atoms with van der Waals surface area (Å²) in [4.78, 5) is 13.4. The molecule has 1 saturated heterocycles. The number of hydrogen-bond donors (Lipinski definition) is 1. The molecule has 2 heterocycles. The Balaban J connectivity index is 1.40. The van der Waals surface area contributed by atoms with Crippen LogP contribution < -0.4 is 4.74 Å². The average molecular weight is 319 g/mol. The highest BCUT2D eigenvalue weighted by Crippen LogP contribution is 2.31. The van der Waals surface area contributed by atoms with Crippen molar-refractivity contribution in [3.63, 3.8) is 0 Å². The van der Waals surface area contributed by atoms with Gasteiger partial charge in [-0.25, -0.2) is 0 Å². The van der Waals surface area contributed by atoms with Gasteiger partial charge in [0.15, 0.2) is 0 Å². The topological polar surface area (TPSA) is 75.5 Å². The normalized spacial score (nSPS) is 26.8. The van der Waals surface area contributed by atoms with Gasteiger partial charge in [0.25, 0.3) is 0 Å². The summed E-state index contributed by atoms with van der Waals surface area (Å²) in [5, 5.41) is 16.5. The van der Waals surface area contributed by atoms with Crippen molar-refractivity contribution < 1.29 is 14.6 Å². The molecule has 0 atom stereocenters. The van der Waals surface area contributed by atoms with Crippen molar-refractivity contribution in [3.8, 4) is 5.75 Å². The third kappa shape index (κ3) is 4.64. The summed E-state index contributed by atoms with van der Waals surface area (Å²) in [6, 6.07) is 2.48. The summed E-state index contributed by atoms with van der Waals surface area (Å²) >= 11 is 0. The molecule has 1 aliphatic carbocycles. The van der Waals surface area contributed by atoms with Crippen molar-refractivity contribution in [3.05, 3.63) is 18.5 Å². The first kappa shape index (κ1) is 16.2. The predicted octanol–water partition coefficient (Wildman–Crippen LogP) is 2.35. The van der Waals surface area contributed by atoms with E-state index in [4.69, 9.17) is 9.84 Å². The first-order valence-corrected chi connectivity index (χ1v) is 8.60. The van der Waals surface area contributed by atoms with Crippen LogP contribution in [-0.4, -0.2) is 51.4 Å². The number of ether oxygens (including phenoxy) is 1. The monoisotopic (exact) mass is 319 g/mol. The molecule has 0 aromatic carbocycles. The number of nitrogens with zero attached hydrogens (tertiary/aromatic N) is 3. The number of hydrogen-bond acceptors (Lipinski definition) is 5. The van der Waals surface area contributed by atoms with E-state index in [9.17, 15) is 4.79 Å². The van der Waals surface area contributed by atoms with E-state index in [2.05, 4.69) is 15.1 Å². The zero-order chi connectivity index (χ0) is 16.1. The van der Waals surface area contributed by atoms with Crippen LogP contribution in [0, 0.1) is 5.92 Å². The fourth-order valence-corrected chi connectivity index (χ4v) is 3.86. The molecule has 0 amide bonds. The Hall–Kier alpha value is -1.69. The van der Waals surface area contributed by atoms with Crippen molar-refractivity contribution in [2.45, 2.75) is 57.1 Å². The lowest BCUT2D eigenvalue weighted by molar-refractivity contribution is -0.138. The summed E-state index contributed by atoms with van der Waals surface area (Å²) in [5.41, 5.74) is 0. The lowest BCUT2D eigenvalue weighted by Crippen LogP contribution is -2.45. The van der Waals surface area contributed by atoms with E-state index < -0.39 is 5.97 Å². The predicted molar refractivity (Wildman–Crippen MR) is 85.3 cm³/mol. The van der Waals surface area contributed by atoms with Crippen LogP contribution in [0.3, 0.4) is 0 Å². The number of aromatic nitrogens is 2. The average Bonchev–Trinajstić information content (AvgIpc) is 2.57. The highest BCUT2D eigenvalue weighted by Gasteiger charge is 2.30. The van der Waals surface area contributed by atoms with Crippen molar-refractivity contribution in [2.75, 3.05) is 13.1 Å². The van der Waals surface area contributed by atoms with E-state index in [-0.39, 0.29) is 6.10 Å². The van der Waals surface area contributed by atoms with E-state index in [1.54, 1.807) is 12.4 Å². The smallest absolute Gasteiger partial charge is 0.303 e. The molecule has 1 aromatic heterocycles. The minimum Gasteiger partial charge on any atom is -0.489 e. The van der Waals surface area contributed by atoms with Crippen LogP contribution in [-0.2, 0) is 4.79 Å². The summed E-state index contributed by atoms with van der Waals surface area (Å²) in [6.07, 6.45) is 10.4. The number of aliphatic carboxylic acids is 1. The third-order valence-electron chi connectivity index (χ3n) is 5.13. The molecule has 0 spiro atoms. The minimum absolute atomic E-state index is 0.263. The zero-order valence-electron chi connectivity index (χ0n) is 13.4. The first-order chi connectivity index (χ1) is 11.2. The van der Waals surface area contributed by atoms with Crippen LogP contribution in [0.4, 0.5) is 0 Å². The van der Waals surface area contributed by atoms with Crippen molar-refractivity contribution in [2.24, 2.45) is 5.92 Å². The van der Waals surface area contributed by atoms with Crippen LogP contribution >= 0.6 is 0 Å². The second-order valence-corrected chi connectivity index (χ2v) is 6.70. The van der Waals surface area contributed by atoms with Gasteiger partial charge in [0.05, 0.1) is 12.4 Å². The molecular formula is C17H25N3O3. The molecule has 0 bridgehead atoms. The molecule has 1 aliphatic heterocycles. The van der Waals surface area contributed by atoms with Gasteiger partial charge in [-0.3, -0.25) is 4.79 Å². The van der Waals surface area contributed by atoms with Crippen molar-refractivity contribution >= 4 is 5.97 Å². The minimum atomic E-state index is -0.656. The van der Waals surface area contributed by atoms with Crippen LogP contribution in [0.5, 0.6) is 5.75 Å². The van der Waals surface area contributed by atoms with E-state index in [1.807, 2.05) is 6.07 Å². The molecule has 1 N–H and O–H groups in total. The number of likely N-dealkylation sites (tertiary alicyclic amines) is 1. The van der Waals surface area contributed by atoms with Gasteiger partial charge in [0.1, 0.15) is 11.9 Å². The molecule has 23 heavy (non-hydrogen) atoms. The molecule has 2 aliphatic rings. The van der Waals surface area contributed by atoms with E-state index >= 15 is 0 Å². The molecule has 0 unspecified atom stereocenters. The number of carboxylic acid groups (broad SMARTS) is 1. The quantitative estimate of drug-likeness (QED) is 0.898. The van der Waals surface area contributed by atoms with Gasteiger partial charge >= 0.3 is 5.97 Å². The van der Waals surface area contributed by atoms with Crippen LogP contribution in [0.1, 0.15) is 44.9 Å². The molecule has 1 saturated carbocycles. The van der Waals surface area contributed by atoms with Gasteiger partial charge in [-0.05, 0) is 44.4 Å². The Bertz CT molecular complexity index is 495. The molecular weight excluding hydrogens is 294 g/mol. The molecule has 2 fully saturated rings. The van der Waals surface area contributed by atoms with Crippen molar-refractivity contribution in [1.29, 1.82) is 0 Å². The summed E-state index contributed by atoms with van der Waals surface area (Å²) in [7, 11) is 0. The van der Waals surface area contributed by atoms with Gasteiger partial charge in [0, 0.05) is 31.6 Å². The van der Waals surface area contributed by atoms with E-state index in [1.165, 1.54) is 0 Å². The standard InChI is InChI=1S/C17H25N3O3/c21-17(22)11-13-1-3-14(4-2-13)20-9-6-15(7-10-20)23-16-5-8-18-19-12-16/h5,8,12-15H,1-4,6-7,9-11H2,(H,21,22). The third-order valence-corrected chi connectivity index (χ3v) is 5.13. The molecule has 6 heteroatoms. The lowest BCUT2D eigenvalue weighted by Gasteiger charge is -2.40. The van der Waals surface area contributed by atoms with Crippen LogP contribution in [0.25, 0.3) is 0 Å². The Morgan fingerprint density at radius 2 is 1.91 bits per heavy atom. The molecule has 0 radical (unpaired) electrons. The maximum absolute atomic E-state index is 10.8. The highest BCUT2D eigenvalue weighted by atomic mass is 16.5. The Morgan fingerprint density at radius 3 is 2.52 bits per heavy atom. The number of carboxylic acids is 1. The summed E-state index contributed by atoms with van der Waals surface area (Å²) < 4.78 is 5.96. The molecule has 1 aromatic rings. The molecule has 6 nitrogen and oxygen atoms in total. The lowest BCUT2D eigenvalue weighted by atomic mass is 9.83. The summed E-state index contributed by atoms with van der Waals surface area (Å²) in [6.45, 7) is 2.13. The van der Waals surface area contributed by atoms with Gasteiger partial charge in [-0.15, -0.1) is 0 Å². The van der Waals surface area contributed by atoms with Crippen molar-refractivity contribution in [1.82, 2.24) is 15.1 Å². The maximum Gasteiger partial charge on any atom is 0.303 e. The number of rotatable bonds is 5. The van der Waals surface area contributed by atoms with E-state index in [0.29, 0.717) is 18.4 Å². The SMILES string of the molecule is O=C(O)CC1CCC(N2CCC(Oc3ccnnc3)CC2)CC1. The summed E-state index contributed by atoms with van der Waals surface area (Å²) in [5.74, 6) is 0.522. The van der Waals surface area contributed by atoms with Gasteiger partial charge in [-0.1, -0.05) is 0 Å². The fourth-order valence-electron chi connectivity index (χ4n) is 3.86. The van der Waals surface area contributed by atoms with Gasteiger partial charge in [-0.2, -0.15) is 10.2 Å². The maximum atomic E-state index is 10.8. The molecule has 126 valence electrons. The fraction of sp³-hybridized carbons (Fsp3) is 0.706. The van der Waals surface area contributed by atoms with Gasteiger partial charge < -0.3 is 14.7 Å². The first-order valence-electron chi connectivity index (χ1n) is 8.60. The highest BCUT2D eigenvalue weighted by molar-refractivity contribution is 5.67. The number of piperidine rings is 1. The molecule has 3 rings (SSSR count). The zero-order valence-corrected chi connectivity index (χ0v) is 13.4. The number of carbonyl (C=O) groups is 1. The second-order valence-electron chi connectivity index (χ2n) is 6.70. The largest absolute Gasteiger partial charge is 0.489 e. The van der Waals surface area contributed by atoms with Crippen LogP contribution in [0.2, 0.25) is 0 Å². The Kier molecular flexibility index (Phi) is 5.43. The second kappa shape index (κ2) is 7.73. The Morgan fingerprint density at radius 1 is 1.17 bits per heavy atom. The van der Waals surface area contributed by atoms with Crippen LogP contribution in [0.15, 0.2) is 18.5 Å². The van der Waals surface area contributed by atoms with Gasteiger partial charge in [0.2, 0.25) is 0 Å². The van der Waals surface area contributed by atoms with E-state index in [0.717, 1.165) is 57.4 Å².